The monoisotopic (exact) mass is 278 g/mol. The van der Waals surface area contributed by atoms with Gasteiger partial charge in [0, 0.05) is 31.6 Å². The molecule has 1 aromatic carbocycles. The van der Waals surface area contributed by atoms with Gasteiger partial charge in [0.25, 0.3) is 0 Å². The molecule has 2 atom stereocenters. The summed E-state index contributed by atoms with van der Waals surface area (Å²) in [5, 5.41) is 3.33. The molecule has 1 aliphatic rings. The Labute approximate surface area is 120 Å². The molecule has 110 valence electrons. The quantitative estimate of drug-likeness (QED) is 0.916. The first-order valence-corrected chi connectivity index (χ1v) is 7.33. The van der Waals surface area contributed by atoms with Crippen molar-refractivity contribution in [2.45, 2.75) is 32.7 Å². The second-order valence-corrected chi connectivity index (χ2v) is 5.71. The molecule has 0 aliphatic carbocycles. The van der Waals surface area contributed by atoms with Crippen LogP contribution in [0.3, 0.4) is 0 Å². The van der Waals surface area contributed by atoms with Gasteiger partial charge < -0.3 is 10.2 Å². The number of nitrogens with zero attached hydrogens (tertiary/aromatic N) is 1. The molecule has 0 bridgehead atoms. The van der Waals surface area contributed by atoms with Crippen LogP contribution >= 0.6 is 0 Å². The van der Waals surface area contributed by atoms with Gasteiger partial charge in [0.2, 0.25) is 5.91 Å². The fourth-order valence-electron chi connectivity index (χ4n) is 2.64. The van der Waals surface area contributed by atoms with Gasteiger partial charge in [-0.15, -0.1) is 0 Å². The van der Waals surface area contributed by atoms with Crippen molar-refractivity contribution in [3.8, 4) is 0 Å². The van der Waals surface area contributed by atoms with Crippen molar-refractivity contribution in [1.82, 2.24) is 10.2 Å². The van der Waals surface area contributed by atoms with Crippen molar-refractivity contribution in [3.63, 3.8) is 0 Å². The first-order chi connectivity index (χ1) is 9.56. The van der Waals surface area contributed by atoms with E-state index in [2.05, 4.69) is 12.2 Å². The lowest BCUT2D eigenvalue weighted by atomic mass is 9.99. The minimum Gasteiger partial charge on any atom is -0.340 e. The highest BCUT2D eigenvalue weighted by Gasteiger charge is 2.24. The summed E-state index contributed by atoms with van der Waals surface area (Å²) >= 11 is 0. The molecule has 0 spiro atoms. The molecular formula is C16H23FN2O. The summed E-state index contributed by atoms with van der Waals surface area (Å²) in [4.78, 5) is 14.3. The van der Waals surface area contributed by atoms with Gasteiger partial charge in [0.05, 0.1) is 0 Å². The zero-order valence-corrected chi connectivity index (χ0v) is 12.2. The maximum atomic E-state index is 13.1. The van der Waals surface area contributed by atoms with Crippen molar-refractivity contribution in [2.75, 3.05) is 19.6 Å². The van der Waals surface area contributed by atoms with Crippen LogP contribution in [0, 0.1) is 11.7 Å². The molecule has 3 nitrogen and oxygen atoms in total. The third-order valence-electron chi connectivity index (χ3n) is 3.86. The summed E-state index contributed by atoms with van der Waals surface area (Å²) in [5.41, 5.74) is 0.957. The van der Waals surface area contributed by atoms with Crippen LogP contribution in [-0.2, 0) is 11.2 Å². The average molecular weight is 278 g/mol. The van der Waals surface area contributed by atoms with Crippen LogP contribution in [0.15, 0.2) is 24.3 Å². The van der Waals surface area contributed by atoms with Crippen LogP contribution in [0.25, 0.3) is 0 Å². The third kappa shape index (κ3) is 4.04. The molecule has 1 amide bonds. The van der Waals surface area contributed by atoms with E-state index in [-0.39, 0.29) is 17.6 Å². The Hall–Kier alpha value is -1.42. The zero-order valence-electron chi connectivity index (χ0n) is 12.2. The molecule has 1 heterocycles. The van der Waals surface area contributed by atoms with Gasteiger partial charge in [-0.2, -0.15) is 0 Å². The Morgan fingerprint density at radius 3 is 3.05 bits per heavy atom. The molecule has 1 fully saturated rings. The number of benzene rings is 1. The fraction of sp³-hybridized carbons (Fsp3) is 0.562. The number of amides is 1. The molecule has 1 aliphatic heterocycles. The zero-order chi connectivity index (χ0) is 14.5. The number of halogens is 1. The van der Waals surface area contributed by atoms with E-state index in [4.69, 9.17) is 0 Å². The highest BCUT2D eigenvalue weighted by molar-refractivity contribution is 5.78. The number of nitrogens with one attached hydrogen (secondary N) is 1. The van der Waals surface area contributed by atoms with Crippen LogP contribution in [0.1, 0.15) is 25.8 Å². The van der Waals surface area contributed by atoms with E-state index in [9.17, 15) is 9.18 Å². The van der Waals surface area contributed by atoms with Crippen LogP contribution in [-0.4, -0.2) is 36.5 Å². The smallest absolute Gasteiger partial charge is 0.225 e. The average Bonchev–Trinajstić information content (AvgIpc) is 2.44. The number of hydrogen-bond donors (Lipinski definition) is 1. The summed E-state index contributed by atoms with van der Waals surface area (Å²) in [5.74, 6) is -0.00395. The van der Waals surface area contributed by atoms with Gasteiger partial charge in [0.15, 0.2) is 0 Å². The number of aryl methyl sites for hydroxylation is 1. The second kappa shape index (κ2) is 6.84. The van der Waals surface area contributed by atoms with Gasteiger partial charge >= 0.3 is 0 Å². The Morgan fingerprint density at radius 1 is 1.55 bits per heavy atom. The van der Waals surface area contributed by atoms with Crippen LogP contribution in [0.4, 0.5) is 4.39 Å². The van der Waals surface area contributed by atoms with Crippen LogP contribution in [0.5, 0.6) is 0 Å². The second-order valence-electron chi connectivity index (χ2n) is 5.71. The van der Waals surface area contributed by atoms with E-state index in [1.807, 2.05) is 17.9 Å². The molecule has 2 rings (SSSR count). The van der Waals surface area contributed by atoms with Crippen molar-refractivity contribution < 1.29 is 9.18 Å². The van der Waals surface area contributed by atoms with Crippen molar-refractivity contribution in [1.29, 1.82) is 0 Å². The first-order valence-electron chi connectivity index (χ1n) is 7.33. The number of hydrogen-bond acceptors (Lipinski definition) is 2. The van der Waals surface area contributed by atoms with Gasteiger partial charge in [-0.3, -0.25) is 4.79 Å². The predicted molar refractivity (Wildman–Crippen MR) is 77.9 cm³/mol. The molecule has 20 heavy (non-hydrogen) atoms. The van der Waals surface area contributed by atoms with Gasteiger partial charge in [-0.25, -0.2) is 4.39 Å². The topological polar surface area (TPSA) is 32.3 Å². The van der Waals surface area contributed by atoms with Gasteiger partial charge in [-0.05, 0) is 37.5 Å². The molecule has 1 saturated heterocycles. The molecule has 4 heteroatoms. The SMILES string of the molecule is CC1CN(C(=O)C(C)CCc2cccc(F)c2)CCN1. The van der Waals surface area contributed by atoms with E-state index < -0.39 is 0 Å². The lowest BCUT2D eigenvalue weighted by Gasteiger charge is -2.33. The van der Waals surface area contributed by atoms with Crippen LogP contribution in [0.2, 0.25) is 0 Å². The van der Waals surface area contributed by atoms with Gasteiger partial charge in [-0.1, -0.05) is 19.1 Å². The largest absolute Gasteiger partial charge is 0.340 e. The number of piperazine rings is 1. The summed E-state index contributed by atoms with van der Waals surface area (Å²) in [6.45, 7) is 6.49. The Kier molecular flexibility index (Phi) is 5.12. The fourth-order valence-corrected chi connectivity index (χ4v) is 2.64. The summed E-state index contributed by atoms with van der Waals surface area (Å²) in [6.07, 6.45) is 1.51. The maximum Gasteiger partial charge on any atom is 0.225 e. The highest BCUT2D eigenvalue weighted by atomic mass is 19.1. The highest BCUT2D eigenvalue weighted by Crippen LogP contribution is 2.14. The van der Waals surface area contributed by atoms with E-state index in [1.165, 1.54) is 6.07 Å². The number of carbonyl (C=O) groups excluding carboxylic acids is 1. The third-order valence-corrected chi connectivity index (χ3v) is 3.86. The lowest BCUT2D eigenvalue weighted by molar-refractivity contribution is -0.136. The molecule has 2 unspecified atom stereocenters. The van der Waals surface area contributed by atoms with E-state index in [0.717, 1.165) is 38.0 Å². The van der Waals surface area contributed by atoms with Crippen molar-refractivity contribution >= 4 is 5.91 Å². The van der Waals surface area contributed by atoms with E-state index in [1.54, 1.807) is 12.1 Å². The number of rotatable bonds is 4. The molecule has 1 aromatic rings. The number of carbonyl (C=O) groups is 1. The lowest BCUT2D eigenvalue weighted by Crippen LogP contribution is -2.52. The normalized spacial score (nSPS) is 20.8. The van der Waals surface area contributed by atoms with Crippen LogP contribution < -0.4 is 5.32 Å². The molecular weight excluding hydrogens is 255 g/mol. The first kappa shape index (κ1) is 15.0. The minimum atomic E-state index is -0.211. The Bertz CT molecular complexity index is 464. The van der Waals surface area contributed by atoms with Crippen molar-refractivity contribution in [2.24, 2.45) is 5.92 Å². The summed E-state index contributed by atoms with van der Waals surface area (Å²) in [6, 6.07) is 6.98. The van der Waals surface area contributed by atoms with Gasteiger partial charge in [0.1, 0.15) is 5.82 Å². The molecule has 0 aromatic heterocycles. The minimum absolute atomic E-state index is 0.0106. The van der Waals surface area contributed by atoms with E-state index >= 15 is 0 Å². The molecule has 0 radical (unpaired) electrons. The maximum absolute atomic E-state index is 13.1. The summed E-state index contributed by atoms with van der Waals surface area (Å²) < 4.78 is 13.1. The molecule has 1 N–H and O–H groups in total. The Morgan fingerprint density at radius 2 is 2.35 bits per heavy atom. The standard InChI is InChI=1S/C16H23FN2O/c1-12(6-7-14-4-3-5-15(17)10-14)16(20)19-9-8-18-13(2)11-19/h3-5,10,12-13,18H,6-9,11H2,1-2H3. The molecule has 0 saturated carbocycles. The van der Waals surface area contributed by atoms with E-state index in [0.29, 0.717) is 6.04 Å². The predicted octanol–water partition coefficient (Wildman–Crippen LogP) is 2.21. The Balaban J connectivity index is 1.84. The van der Waals surface area contributed by atoms with Crippen molar-refractivity contribution in [3.05, 3.63) is 35.6 Å². The summed E-state index contributed by atoms with van der Waals surface area (Å²) in [7, 11) is 0.